The van der Waals surface area contributed by atoms with Crippen LogP contribution in [0.3, 0.4) is 0 Å². The minimum Gasteiger partial charge on any atom is -0.444 e. The van der Waals surface area contributed by atoms with Crippen molar-refractivity contribution in [3.05, 3.63) is 53.2 Å². The average Bonchev–Trinajstić information content (AvgIpc) is 2.91. The monoisotopic (exact) mass is 544 g/mol. The first-order valence-electron chi connectivity index (χ1n) is 13.5. The largest absolute Gasteiger partial charge is 0.444 e. The molecule has 0 aliphatic carbocycles. The lowest BCUT2D eigenvalue weighted by Gasteiger charge is -2.42. The number of anilines is 2. The second kappa shape index (κ2) is 10.9. The van der Waals surface area contributed by atoms with E-state index < -0.39 is 5.60 Å². The Balaban J connectivity index is 1.44. The Morgan fingerprint density at radius 1 is 1.13 bits per heavy atom. The number of nitriles is 1. The van der Waals surface area contributed by atoms with Gasteiger partial charge in [0.05, 0.1) is 30.8 Å². The summed E-state index contributed by atoms with van der Waals surface area (Å²) in [6.07, 6.45) is 2.71. The van der Waals surface area contributed by atoms with Crippen LogP contribution in [0.4, 0.5) is 16.3 Å². The minimum absolute atomic E-state index is 0.243. The van der Waals surface area contributed by atoms with Crippen LogP contribution in [0.25, 0.3) is 10.8 Å². The van der Waals surface area contributed by atoms with Crippen LogP contribution < -0.4 is 9.80 Å². The van der Waals surface area contributed by atoms with E-state index >= 15 is 0 Å². The minimum atomic E-state index is -0.584. The van der Waals surface area contributed by atoms with Gasteiger partial charge in [-0.25, -0.2) is 14.8 Å². The Labute approximate surface area is 235 Å². The number of aryl methyl sites for hydroxylation is 1. The van der Waals surface area contributed by atoms with E-state index in [1.807, 2.05) is 27.0 Å². The zero-order chi connectivity index (χ0) is 27.7. The lowest BCUT2D eigenvalue weighted by Crippen LogP contribution is -2.56. The van der Waals surface area contributed by atoms with Crippen molar-refractivity contribution in [1.82, 2.24) is 14.9 Å². The molecule has 1 fully saturated rings. The molecule has 1 saturated heterocycles. The Morgan fingerprint density at radius 3 is 2.62 bits per heavy atom. The van der Waals surface area contributed by atoms with Gasteiger partial charge in [-0.1, -0.05) is 42.1 Å². The molecule has 8 nitrogen and oxygen atoms in total. The van der Waals surface area contributed by atoms with E-state index in [0.29, 0.717) is 26.2 Å². The summed E-state index contributed by atoms with van der Waals surface area (Å²) in [5.74, 6) is 0.935. The molecule has 39 heavy (non-hydrogen) atoms. The molecule has 1 aromatic heterocycles. The fourth-order valence-electron chi connectivity index (χ4n) is 5.60. The standard InChI is InChI=1S/C30H36N6O2S/c1-20-8-6-9-21-10-7-11-25(26(20)21)34-15-13-23-24(19-34)32-28(39-5)33-27(23)35-16-17-36(22(18-35)12-14-31)29(37)38-30(2,3)4/h6-11,22H,12-13,15-19H2,1-5H3. The number of rotatable bonds is 4. The van der Waals surface area contributed by atoms with Gasteiger partial charge in [0.15, 0.2) is 5.16 Å². The van der Waals surface area contributed by atoms with E-state index in [1.165, 1.54) is 27.6 Å². The molecule has 204 valence electrons. The van der Waals surface area contributed by atoms with Crippen LogP contribution in [0.5, 0.6) is 0 Å². The third-order valence-corrected chi connectivity index (χ3v) is 7.92. The van der Waals surface area contributed by atoms with Gasteiger partial charge in [-0.15, -0.1) is 0 Å². The molecule has 1 amide bonds. The predicted octanol–water partition coefficient (Wildman–Crippen LogP) is 5.56. The summed E-state index contributed by atoms with van der Waals surface area (Å²) in [7, 11) is 0. The van der Waals surface area contributed by atoms with Crippen LogP contribution in [0.1, 0.15) is 44.0 Å². The van der Waals surface area contributed by atoms with Crippen molar-refractivity contribution in [2.24, 2.45) is 0 Å². The number of fused-ring (bicyclic) bond motifs is 2. The summed E-state index contributed by atoms with van der Waals surface area (Å²) >= 11 is 1.54. The Bertz CT molecular complexity index is 1420. The van der Waals surface area contributed by atoms with Crippen LogP contribution in [-0.4, -0.2) is 65.0 Å². The lowest BCUT2D eigenvalue weighted by molar-refractivity contribution is 0.0144. The molecule has 2 aromatic carbocycles. The molecule has 2 aliphatic heterocycles. The number of hydrogen-bond acceptors (Lipinski definition) is 8. The average molecular weight is 545 g/mol. The number of ether oxygens (including phenoxy) is 1. The number of piperazine rings is 1. The van der Waals surface area contributed by atoms with Crippen molar-refractivity contribution in [2.45, 2.75) is 63.9 Å². The smallest absolute Gasteiger partial charge is 0.410 e. The normalized spacial score (nSPS) is 17.6. The van der Waals surface area contributed by atoms with Gasteiger partial charge in [-0.3, -0.25) is 0 Å². The summed E-state index contributed by atoms with van der Waals surface area (Å²) in [4.78, 5) is 29.2. The van der Waals surface area contributed by atoms with Gasteiger partial charge >= 0.3 is 6.09 Å². The van der Waals surface area contributed by atoms with Crippen LogP contribution in [0.15, 0.2) is 41.6 Å². The molecule has 0 bridgehead atoms. The topological polar surface area (TPSA) is 85.6 Å². The van der Waals surface area contributed by atoms with Crippen LogP contribution in [0.2, 0.25) is 0 Å². The first-order chi connectivity index (χ1) is 18.7. The highest BCUT2D eigenvalue weighted by atomic mass is 32.2. The summed E-state index contributed by atoms with van der Waals surface area (Å²) in [6, 6.07) is 15.0. The molecule has 0 spiro atoms. The van der Waals surface area contributed by atoms with Crippen molar-refractivity contribution in [3.63, 3.8) is 0 Å². The number of amides is 1. The SMILES string of the molecule is CSc1nc2c(c(N3CCN(C(=O)OC(C)(C)C)C(CC#N)C3)n1)CCN(c1cccc3cccc(C)c13)C2. The Kier molecular flexibility index (Phi) is 7.59. The summed E-state index contributed by atoms with van der Waals surface area (Å²) in [6.45, 7) is 11.0. The lowest BCUT2D eigenvalue weighted by atomic mass is 9.99. The predicted molar refractivity (Wildman–Crippen MR) is 156 cm³/mol. The highest BCUT2D eigenvalue weighted by molar-refractivity contribution is 7.98. The zero-order valence-electron chi connectivity index (χ0n) is 23.4. The molecular formula is C30H36N6O2S. The first kappa shape index (κ1) is 27.1. The number of carbonyl (C=O) groups excluding carboxylic acids is 1. The summed E-state index contributed by atoms with van der Waals surface area (Å²) < 4.78 is 5.64. The molecule has 3 heterocycles. The van der Waals surface area contributed by atoms with Gasteiger partial charge in [0.25, 0.3) is 0 Å². The molecule has 5 rings (SSSR count). The second-order valence-electron chi connectivity index (χ2n) is 11.2. The van der Waals surface area contributed by atoms with E-state index in [0.717, 1.165) is 29.6 Å². The molecule has 0 radical (unpaired) electrons. The summed E-state index contributed by atoms with van der Waals surface area (Å²) in [5, 5.41) is 12.8. The van der Waals surface area contributed by atoms with E-state index in [1.54, 1.807) is 16.7 Å². The van der Waals surface area contributed by atoms with Gasteiger partial charge in [-0.05, 0) is 57.4 Å². The quantitative estimate of drug-likeness (QED) is 0.312. The van der Waals surface area contributed by atoms with E-state index in [-0.39, 0.29) is 18.6 Å². The van der Waals surface area contributed by atoms with Crippen molar-refractivity contribution < 1.29 is 9.53 Å². The molecule has 0 N–H and O–H groups in total. The number of benzene rings is 2. The van der Waals surface area contributed by atoms with Gasteiger partial charge < -0.3 is 19.4 Å². The second-order valence-corrected chi connectivity index (χ2v) is 12.0. The highest BCUT2D eigenvalue weighted by Crippen LogP contribution is 2.36. The molecule has 1 unspecified atom stereocenters. The molecule has 0 saturated carbocycles. The maximum Gasteiger partial charge on any atom is 0.410 e. The zero-order valence-corrected chi connectivity index (χ0v) is 24.2. The molecule has 3 aromatic rings. The number of thioether (sulfide) groups is 1. The van der Waals surface area contributed by atoms with Crippen LogP contribution in [-0.2, 0) is 17.7 Å². The Hall–Kier alpha value is -3.51. The van der Waals surface area contributed by atoms with Gasteiger partial charge in [0.2, 0.25) is 0 Å². The fraction of sp³-hybridized carbons (Fsp3) is 0.467. The van der Waals surface area contributed by atoms with Crippen molar-refractivity contribution in [1.29, 1.82) is 5.26 Å². The van der Waals surface area contributed by atoms with Gasteiger partial charge in [-0.2, -0.15) is 5.26 Å². The molecule has 2 aliphatic rings. The molecular weight excluding hydrogens is 508 g/mol. The van der Waals surface area contributed by atoms with Crippen LogP contribution >= 0.6 is 11.8 Å². The van der Waals surface area contributed by atoms with Gasteiger partial charge in [0.1, 0.15) is 11.4 Å². The van der Waals surface area contributed by atoms with Crippen molar-refractivity contribution in [2.75, 3.05) is 42.2 Å². The fourth-order valence-corrected chi connectivity index (χ4v) is 5.98. The van der Waals surface area contributed by atoms with E-state index in [2.05, 4.69) is 59.2 Å². The Morgan fingerprint density at radius 2 is 1.90 bits per heavy atom. The summed E-state index contributed by atoms with van der Waals surface area (Å²) in [5.41, 5.74) is 4.14. The maximum atomic E-state index is 12.9. The first-order valence-corrected chi connectivity index (χ1v) is 14.7. The number of nitrogens with zero attached hydrogens (tertiary/aromatic N) is 6. The van der Waals surface area contributed by atoms with Gasteiger partial charge in [0, 0.05) is 42.8 Å². The van der Waals surface area contributed by atoms with E-state index in [9.17, 15) is 10.1 Å². The van der Waals surface area contributed by atoms with Crippen LogP contribution in [0, 0.1) is 18.3 Å². The van der Waals surface area contributed by atoms with Crippen molar-refractivity contribution >= 4 is 40.1 Å². The number of aromatic nitrogens is 2. The molecule has 9 heteroatoms. The van der Waals surface area contributed by atoms with Crippen molar-refractivity contribution in [3.8, 4) is 6.07 Å². The van der Waals surface area contributed by atoms with E-state index in [4.69, 9.17) is 14.7 Å². The molecule has 1 atom stereocenters. The number of hydrogen-bond donors (Lipinski definition) is 0. The number of carbonyl (C=O) groups is 1. The third-order valence-electron chi connectivity index (χ3n) is 7.37. The maximum absolute atomic E-state index is 12.9. The highest BCUT2D eigenvalue weighted by Gasteiger charge is 2.35. The third kappa shape index (κ3) is 5.62.